The molecule has 0 saturated heterocycles. The van der Waals surface area contributed by atoms with Crippen molar-refractivity contribution in [2.75, 3.05) is 6.79 Å². The highest BCUT2D eigenvalue weighted by atomic mass is 16.7. The Bertz CT molecular complexity index is 716. The van der Waals surface area contributed by atoms with Crippen molar-refractivity contribution in [2.45, 2.75) is 33.3 Å². The first-order valence-corrected chi connectivity index (χ1v) is 8.06. The van der Waals surface area contributed by atoms with Gasteiger partial charge in [0, 0.05) is 5.41 Å². The fourth-order valence-corrected chi connectivity index (χ4v) is 2.76. The number of fused-ring (bicyclic) bond motifs is 1. The van der Waals surface area contributed by atoms with Gasteiger partial charge in [0.1, 0.15) is 6.10 Å². The summed E-state index contributed by atoms with van der Waals surface area (Å²) in [6, 6.07) is 15.3. The molecule has 24 heavy (non-hydrogen) atoms. The Kier molecular flexibility index (Phi) is 4.47. The number of carbonyl (C=O) groups excluding carboxylic acids is 1. The molecular formula is C20H22O4. The van der Waals surface area contributed by atoms with Gasteiger partial charge >= 0.3 is 5.97 Å². The Balaban J connectivity index is 1.78. The molecule has 126 valence electrons. The summed E-state index contributed by atoms with van der Waals surface area (Å²) >= 11 is 0. The summed E-state index contributed by atoms with van der Waals surface area (Å²) in [6.07, 6.45) is -0.0963. The van der Waals surface area contributed by atoms with E-state index in [1.807, 2.05) is 48.5 Å². The van der Waals surface area contributed by atoms with Crippen LogP contribution in [0.2, 0.25) is 0 Å². The molecule has 0 spiro atoms. The molecule has 0 bridgehead atoms. The first kappa shape index (κ1) is 16.4. The van der Waals surface area contributed by atoms with Crippen LogP contribution in [0.15, 0.2) is 48.5 Å². The lowest BCUT2D eigenvalue weighted by Gasteiger charge is -2.30. The molecule has 0 unspecified atom stereocenters. The maximum Gasteiger partial charge on any atom is 0.310 e. The van der Waals surface area contributed by atoms with E-state index in [4.69, 9.17) is 14.2 Å². The van der Waals surface area contributed by atoms with Crippen LogP contribution >= 0.6 is 0 Å². The zero-order chi connectivity index (χ0) is 17.2. The maximum absolute atomic E-state index is 12.4. The van der Waals surface area contributed by atoms with Crippen LogP contribution in [0.4, 0.5) is 0 Å². The van der Waals surface area contributed by atoms with E-state index in [-0.39, 0.29) is 30.7 Å². The molecule has 1 aliphatic heterocycles. The molecule has 3 rings (SSSR count). The van der Waals surface area contributed by atoms with Crippen LogP contribution in [0.1, 0.15) is 38.0 Å². The van der Waals surface area contributed by atoms with Gasteiger partial charge in [0.05, 0.1) is 6.42 Å². The quantitative estimate of drug-likeness (QED) is 0.786. The van der Waals surface area contributed by atoms with Crippen LogP contribution < -0.4 is 9.47 Å². The Hall–Kier alpha value is -2.49. The predicted molar refractivity (Wildman–Crippen MR) is 91.0 cm³/mol. The van der Waals surface area contributed by atoms with Crippen LogP contribution in [0.3, 0.4) is 0 Å². The predicted octanol–water partition coefficient (Wildman–Crippen LogP) is 4.29. The number of benzene rings is 2. The second-order valence-electron chi connectivity index (χ2n) is 7.01. The summed E-state index contributed by atoms with van der Waals surface area (Å²) in [5, 5.41) is 0. The minimum Gasteiger partial charge on any atom is -0.457 e. The third-order valence-electron chi connectivity index (χ3n) is 3.93. The molecule has 2 aromatic rings. The molecule has 1 aliphatic rings. The van der Waals surface area contributed by atoms with Crippen LogP contribution in [0, 0.1) is 5.41 Å². The van der Waals surface area contributed by atoms with Gasteiger partial charge in [-0.3, -0.25) is 4.79 Å². The van der Waals surface area contributed by atoms with Crippen molar-refractivity contribution in [3.05, 3.63) is 59.7 Å². The zero-order valence-corrected chi connectivity index (χ0v) is 14.2. The number of rotatable bonds is 4. The summed E-state index contributed by atoms with van der Waals surface area (Å²) in [5.74, 6) is 1.18. The summed E-state index contributed by atoms with van der Waals surface area (Å²) in [5.41, 5.74) is 1.62. The number of esters is 1. The first-order chi connectivity index (χ1) is 11.4. The lowest BCUT2D eigenvalue weighted by Crippen LogP contribution is -2.25. The fraction of sp³-hybridized carbons (Fsp3) is 0.350. The fourth-order valence-electron chi connectivity index (χ4n) is 2.76. The molecular weight excluding hydrogens is 304 g/mol. The Morgan fingerprint density at radius 2 is 1.79 bits per heavy atom. The van der Waals surface area contributed by atoms with Crippen LogP contribution in [-0.2, 0) is 16.0 Å². The minimum absolute atomic E-state index is 0.229. The zero-order valence-electron chi connectivity index (χ0n) is 14.2. The highest BCUT2D eigenvalue weighted by Crippen LogP contribution is 2.41. The van der Waals surface area contributed by atoms with Crippen LogP contribution in [-0.4, -0.2) is 12.8 Å². The van der Waals surface area contributed by atoms with Gasteiger partial charge in [-0.25, -0.2) is 0 Å². The molecule has 4 heteroatoms. The van der Waals surface area contributed by atoms with Crippen molar-refractivity contribution in [2.24, 2.45) is 5.41 Å². The van der Waals surface area contributed by atoms with E-state index in [2.05, 4.69) is 20.8 Å². The van der Waals surface area contributed by atoms with Crippen LogP contribution in [0.25, 0.3) is 0 Å². The summed E-state index contributed by atoms with van der Waals surface area (Å²) in [7, 11) is 0. The van der Waals surface area contributed by atoms with E-state index < -0.39 is 0 Å². The van der Waals surface area contributed by atoms with Gasteiger partial charge in [0.25, 0.3) is 0 Å². The Morgan fingerprint density at radius 1 is 1.08 bits per heavy atom. The lowest BCUT2D eigenvalue weighted by atomic mass is 9.84. The van der Waals surface area contributed by atoms with Gasteiger partial charge in [0.15, 0.2) is 11.5 Å². The number of carbonyl (C=O) groups is 1. The molecule has 0 radical (unpaired) electrons. The average molecular weight is 326 g/mol. The summed E-state index contributed by atoms with van der Waals surface area (Å²) < 4.78 is 16.6. The standard InChI is InChI=1S/C20H22O4/c1-20(2,3)19(15-9-10-16-17(12-15)23-13-22-16)24-18(21)11-14-7-5-4-6-8-14/h4-10,12,19H,11,13H2,1-3H3/t19-/m1/s1. The maximum atomic E-state index is 12.4. The molecule has 0 aliphatic carbocycles. The number of ether oxygens (including phenoxy) is 3. The molecule has 4 nitrogen and oxygen atoms in total. The molecule has 2 aromatic carbocycles. The number of hydrogen-bond donors (Lipinski definition) is 0. The SMILES string of the molecule is CC(C)(C)[C@H](OC(=O)Cc1ccccc1)c1ccc2c(c1)OCO2. The first-order valence-electron chi connectivity index (χ1n) is 8.06. The van der Waals surface area contributed by atoms with E-state index >= 15 is 0 Å². The smallest absolute Gasteiger partial charge is 0.310 e. The van der Waals surface area contributed by atoms with Crippen molar-refractivity contribution in [3.8, 4) is 11.5 Å². The van der Waals surface area contributed by atoms with Crippen molar-refractivity contribution in [1.29, 1.82) is 0 Å². The molecule has 0 saturated carbocycles. The van der Waals surface area contributed by atoms with E-state index in [0.717, 1.165) is 16.9 Å². The van der Waals surface area contributed by atoms with E-state index in [9.17, 15) is 4.79 Å². The molecule has 0 N–H and O–H groups in total. The third-order valence-corrected chi connectivity index (χ3v) is 3.93. The van der Waals surface area contributed by atoms with Crippen molar-refractivity contribution < 1.29 is 19.0 Å². The van der Waals surface area contributed by atoms with E-state index in [1.54, 1.807) is 0 Å². The minimum atomic E-state index is -0.358. The van der Waals surface area contributed by atoms with Gasteiger partial charge < -0.3 is 14.2 Å². The van der Waals surface area contributed by atoms with Gasteiger partial charge in [-0.15, -0.1) is 0 Å². The van der Waals surface area contributed by atoms with Crippen molar-refractivity contribution in [1.82, 2.24) is 0 Å². The average Bonchev–Trinajstić information content (AvgIpc) is 3.00. The second-order valence-corrected chi connectivity index (χ2v) is 7.01. The third kappa shape index (κ3) is 3.70. The molecule has 1 atom stereocenters. The second kappa shape index (κ2) is 6.56. The Morgan fingerprint density at radius 3 is 2.50 bits per heavy atom. The van der Waals surface area contributed by atoms with Crippen LogP contribution in [0.5, 0.6) is 11.5 Å². The monoisotopic (exact) mass is 326 g/mol. The molecule has 1 heterocycles. The summed E-state index contributed by atoms with van der Waals surface area (Å²) in [4.78, 5) is 12.4. The molecule has 0 amide bonds. The highest BCUT2D eigenvalue weighted by Gasteiger charge is 2.31. The lowest BCUT2D eigenvalue weighted by molar-refractivity contribution is -0.154. The largest absolute Gasteiger partial charge is 0.457 e. The van der Waals surface area contributed by atoms with E-state index in [1.165, 1.54) is 0 Å². The van der Waals surface area contributed by atoms with Crippen molar-refractivity contribution >= 4 is 5.97 Å². The molecule has 0 aromatic heterocycles. The van der Waals surface area contributed by atoms with E-state index in [0.29, 0.717) is 5.75 Å². The van der Waals surface area contributed by atoms with Gasteiger partial charge in [0.2, 0.25) is 6.79 Å². The molecule has 0 fully saturated rings. The van der Waals surface area contributed by atoms with Gasteiger partial charge in [-0.05, 0) is 23.3 Å². The Labute approximate surface area is 142 Å². The van der Waals surface area contributed by atoms with Gasteiger partial charge in [-0.1, -0.05) is 57.2 Å². The highest BCUT2D eigenvalue weighted by molar-refractivity contribution is 5.73. The number of hydrogen-bond acceptors (Lipinski definition) is 4. The normalized spacial score (nSPS) is 14.3. The van der Waals surface area contributed by atoms with Gasteiger partial charge in [-0.2, -0.15) is 0 Å². The van der Waals surface area contributed by atoms with Crippen molar-refractivity contribution in [3.63, 3.8) is 0 Å². The summed E-state index contributed by atoms with van der Waals surface area (Å²) in [6.45, 7) is 6.39. The topological polar surface area (TPSA) is 44.8 Å².